The van der Waals surface area contributed by atoms with Gasteiger partial charge in [-0.1, -0.05) is 30.3 Å². The minimum atomic E-state index is -0.292. The summed E-state index contributed by atoms with van der Waals surface area (Å²) in [6.45, 7) is 2.65. The predicted octanol–water partition coefficient (Wildman–Crippen LogP) is 3.83. The van der Waals surface area contributed by atoms with Gasteiger partial charge in [-0.15, -0.1) is 0 Å². The van der Waals surface area contributed by atoms with E-state index in [1.807, 2.05) is 35.1 Å². The summed E-state index contributed by atoms with van der Waals surface area (Å²) in [6, 6.07) is 17.2. The smallest absolute Gasteiger partial charge is 0.126 e. The van der Waals surface area contributed by atoms with E-state index >= 15 is 0 Å². The molecular weight excluding hydrogens is 353 g/mol. The fraction of sp³-hybridized carbons (Fsp3) is 0.348. The van der Waals surface area contributed by atoms with Gasteiger partial charge in [0.15, 0.2) is 0 Å². The van der Waals surface area contributed by atoms with Gasteiger partial charge in [0.1, 0.15) is 5.82 Å². The molecule has 1 aromatic heterocycles. The summed E-state index contributed by atoms with van der Waals surface area (Å²) >= 11 is 0. The third kappa shape index (κ3) is 4.16. The first kappa shape index (κ1) is 18.8. The largest absolute Gasteiger partial charge is 0.396 e. The number of aliphatic hydroxyl groups excluding tert-OH is 1. The van der Waals surface area contributed by atoms with E-state index in [9.17, 15) is 9.50 Å². The second-order valence-electron chi connectivity index (χ2n) is 7.86. The van der Waals surface area contributed by atoms with Crippen LogP contribution in [0, 0.1) is 11.2 Å². The Morgan fingerprint density at radius 2 is 2.00 bits per heavy atom. The highest BCUT2D eigenvalue weighted by atomic mass is 19.1. The number of rotatable bonds is 6. The molecule has 0 spiro atoms. The van der Waals surface area contributed by atoms with Crippen LogP contribution < -0.4 is 0 Å². The van der Waals surface area contributed by atoms with E-state index in [1.54, 1.807) is 12.3 Å². The predicted molar refractivity (Wildman–Crippen MR) is 108 cm³/mol. The number of aliphatic hydroxyl groups is 1. The van der Waals surface area contributed by atoms with Crippen molar-refractivity contribution in [3.63, 3.8) is 0 Å². The van der Waals surface area contributed by atoms with Crippen molar-refractivity contribution >= 4 is 0 Å². The number of hydrogen-bond donors (Lipinski definition) is 1. The van der Waals surface area contributed by atoms with Gasteiger partial charge in [-0.3, -0.25) is 4.90 Å². The second-order valence-corrected chi connectivity index (χ2v) is 7.86. The Balaban J connectivity index is 1.49. The highest BCUT2D eigenvalue weighted by molar-refractivity contribution is 5.35. The van der Waals surface area contributed by atoms with Crippen LogP contribution in [0.25, 0.3) is 5.69 Å². The Morgan fingerprint density at radius 3 is 2.79 bits per heavy atom. The van der Waals surface area contributed by atoms with Gasteiger partial charge in [0.05, 0.1) is 12.3 Å². The molecule has 2 heterocycles. The van der Waals surface area contributed by atoms with E-state index in [0.29, 0.717) is 12.0 Å². The van der Waals surface area contributed by atoms with Crippen molar-refractivity contribution in [1.29, 1.82) is 0 Å². The van der Waals surface area contributed by atoms with Crippen LogP contribution in [0.15, 0.2) is 67.0 Å². The Morgan fingerprint density at radius 1 is 1.11 bits per heavy atom. The van der Waals surface area contributed by atoms with Crippen LogP contribution in [0.3, 0.4) is 0 Å². The Hall–Kier alpha value is -2.50. The van der Waals surface area contributed by atoms with Crippen molar-refractivity contribution in [3.8, 4) is 5.69 Å². The number of piperidine rings is 1. The molecule has 146 valence electrons. The SMILES string of the molecule is OCC1(Cc2ccccc2F)CCCN(Cc2cccc(-n3cccn3)c2)C1. The van der Waals surface area contributed by atoms with Crippen molar-refractivity contribution in [2.75, 3.05) is 19.7 Å². The van der Waals surface area contributed by atoms with E-state index in [4.69, 9.17) is 0 Å². The summed E-state index contributed by atoms with van der Waals surface area (Å²) in [4.78, 5) is 2.38. The molecule has 1 atom stereocenters. The lowest BCUT2D eigenvalue weighted by atomic mass is 9.75. The quantitative estimate of drug-likeness (QED) is 0.708. The highest BCUT2D eigenvalue weighted by Gasteiger charge is 2.35. The fourth-order valence-corrected chi connectivity index (χ4v) is 4.30. The highest BCUT2D eigenvalue weighted by Crippen LogP contribution is 2.34. The minimum absolute atomic E-state index is 0.0746. The molecule has 1 aliphatic heterocycles. The van der Waals surface area contributed by atoms with Crippen LogP contribution >= 0.6 is 0 Å². The molecule has 1 unspecified atom stereocenters. The standard InChI is InChI=1S/C23H26FN3O/c24-22-9-2-1-7-20(22)15-23(18-28)10-4-12-26(17-23)16-19-6-3-8-21(14-19)27-13-5-11-25-27/h1-3,5-9,11,13-14,28H,4,10,12,15-18H2. The van der Waals surface area contributed by atoms with Crippen LogP contribution in [-0.2, 0) is 13.0 Å². The number of nitrogens with zero attached hydrogens (tertiary/aromatic N) is 3. The first-order valence-corrected chi connectivity index (χ1v) is 9.83. The van der Waals surface area contributed by atoms with Gasteiger partial charge in [-0.2, -0.15) is 5.10 Å². The third-order valence-electron chi connectivity index (χ3n) is 5.68. The summed E-state index contributed by atoms with van der Waals surface area (Å²) in [7, 11) is 0. The van der Waals surface area contributed by atoms with Crippen LogP contribution in [-0.4, -0.2) is 39.5 Å². The van der Waals surface area contributed by atoms with Crippen LogP contribution in [0.5, 0.6) is 0 Å². The van der Waals surface area contributed by atoms with Gasteiger partial charge >= 0.3 is 0 Å². The monoisotopic (exact) mass is 379 g/mol. The van der Waals surface area contributed by atoms with Gasteiger partial charge in [-0.05, 0) is 61.2 Å². The zero-order valence-electron chi connectivity index (χ0n) is 16.0. The summed E-state index contributed by atoms with van der Waals surface area (Å²) in [5, 5.41) is 14.5. The third-order valence-corrected chi connectivity index (χ3v) is 5.68. The Bertz CT molecular complexity index is 912. The summed E-state index contributed by atoms with van der Waals surface area (Å²) in [5.41, 5.74) is 2.66. The maximum absolute atomic E-state index is 14.2. The first-order valence-electron chi connectivity index (χ1n) is 9.83. The first-order chi connectivity index (χ1) is 13.7. The van der Waals surface area contributed by atoms with Gasteiger partial charge in [-0.25, -0.2) is 9.07 Å². The van der Waals surface area contributed by atoms with Crippen LogP contribution in [0.4, 0.5) is 4.39 Å². The lowest BCUT2D eigenvalue weighted by molar-refractivity contribution is 0.0283. The van der Waals surface area contributed by atoms with Crippen LogP contribution in [0.2, 0.25) is 0 Å². The van der Waals surface area contributed by atoms with Crippen molar-refractivity contribution in [2.24, 2.45) is 5.41 Å². The lowest BCUT2D eigenvalue weighted by Gasteiger charge is -2.42. The molecule has 0 aliphatic carbocycles. The number of hydrogen-bond acceptors (Lipinski definition) is 3. The topological polar surface area (TPSA) is 41.3 Å². The Kier molecular flexibility index (Phi) is 5.55. The maximum Gasteiger partial charge on any atom is 0.126 e. The van der Waals surface area contributed by atoms with E-state index in [2.05, 4.69) is 28.2 Å². The number of aromatic nitrogens is 2. The van der Waals surface area contributed by atoms with Gasteiger partial charge in [0, 0.05) is 30.9 Å². The molecule has 2 aromatic carbocycles. The maximum atomic E-state index is 14.2. The zero-order chi connectivity index (χ0) is 19.4. The Labute approximate surface area is 165 Å². The molecule has 28 heavy (non-hydrogen) atoms. The van der Waals surface area contributed by atoms with Crippen molar-refractivity contribution in [2.45, 2.75) is 25.8 Å². The molecule has 0 bridgehead atoms. The van der Waals surface area contributed by atoms with Gasteiger partial charge < -0.3 is 5.11 Å². The number of halogens is 1. The average molecular weight is 379 g/mol. The van der Waals surface area contributed by atoms with E-state index < -0.39 is 0 Å². The summed E-state index contributed by atoms with van der Waals surface area (Å²) in [5.74, 6) is -0.181. The molecule has 1 fully saturated rings. The number of benzene rings is 2. The normalized spacial score (nSPS) is 20.4. The minimum Gasteiger partial charge on any atom is -0.396 e. The fourth-order valence-electron chi connectivity index (χ4n) is 4.30. The van der Waals surface area contributed by atoms with E-state index in [1.165, 1.54) is 11.6 Å². The van der Waals surface area contributed by atoms with Gasteiger partial charge in [0.25, 0.3) is 0 Å². The van der Waals surface area contributed by atoms with E-state index in [-0.39, 0.29) is 17.8 Å². The molecule has 1 N–H and O–H groups in total. The lowest BCUT2D eigenvalue weighted by Crippen LogP contribution is -2.46. The summed E-state index contributed by atoms with van der Waals surface area (Å²) < 4.78 is 16.0. The number of likely N-dealkylation sites (tertiary alicyclic amines) is 1. The second kappa shape index (κ2) is 8.25. The van der Waals surface area contributed by atoms with E-state index in [0.717, 1.165) is 38.2 Å². The molecule has 0 amide bonds. The summed E-state index contributed by atoms with van der Waals surface area (Å²) in [6.07, 6.45) is 6.20. The van der Waals surface area contributed by atoms with Crippen molar-refractivity contribution in [3.05, 3.63) is 83.9 Å². The molecular formula is C23H26FN3O. The molecule has 3 aromatic rings. The molecule has 0 saturated carbocycles. The van der Waals surface area contributed by atoms with Crippen molar-refractivity contribution < 1.29 is 9.50 Å². The molecule has 5 heteroatoms. The molecule has 1 aliphatic rings. The van der Waals surface area contributed by atoms with Crippen LogP contribution in [0.1, 0.15) is 24.0 Å². The van der Waals surface area contributed by atoms with Crippen molar-refractivity contribution in [1.82, 2.24) is 14.7 Å². The molecule has 4 rings (SSSR count). The average Bonchev–Trinajstić information content (AvgIpc) is 3.25. The van der Waals surface area contributed by atoms with Gasteiger partial charge in [0.2, 0.25) is 0 Å². The zero-order valence-corrected chi connectivity index (χ0v) is 16.0. The molecule has 0 radical (unpaired) electrons. The molecule has 4 nitrogen and oxygen atoms in total. The molecule has 1 saturated heterocycles.